The van der Waals surface area contributed by atoms with Crippen molar-refractivity contribution in [3.05, 3.63) is 34.9 Å². The van der Waals surface area contributed by atoms with Crippen LogP contribution in [0.4, 0.5) is 0 Å². The standard InChI is InChI=1S/C14H21ClN2O/c1-10(2)16-9-8-14(18)17-11(3)12-6-4-5-7-13(12)15/h4-7,10-11,16H,8-9H2,1-3H3,(H,17,18)/t11-/m1/s1. The maximum atomic E-state index is 11.7. The molecule has 2 N–H and O–H groups in total. The second-order valence-electron chi connectivity index (χ2n) is 4.67. The van der Waals surface area contributed by atoms with Crippen LogP contribution in [0.15, 0.2) is 24.3 Å². The zero-order valence-corrected chi connectivity index (χ0v) is 11.9. The highest BCUT2D eigenvalue weighted by Gasteiger charge is 2.11. The van der Waals surface area contributed by atoms with Gasteiger partial charge in [-0.3, -0.25) is 4.79 Å². The van der Waals surface area contributed by atoms with Gasteiger partial charge in [0.05, 0.1) is 6.04 Å². The van der Waals surface area contributed by atoms with Gasteiger partial charge in [-0.2, -0.15) is 0 Å². The van der Waals surface area contributed by atoms with E-state index < -0.39 is 0 Å². The van der Waals surface area contributed by atoms with E-state index in [1.165, 1.54) is 0 Å². The minimum atomic E-state index is -0.0646. The van der Waals surface area contributed by atoms with Gasteiger partial charge >= 0.3 is 0 Å². The van der Waals surface area contributed by atoms with Crippen molar-refractivity contribution < 1.29 is 4.79 Å². The van der Waals surface area contributed by atoms with Crippen molar-refractivity contribution in [3.8, 4) is 0 Å². The molecule has 0 aliphatic carbocycles. The lowest BCUT2D eigenvalue weighted by Gasteiger charge is -2.16. The lowest BCUT2D eigenvalue weighted by atomic mass is 10.1. The second-order valence-corrected chi connectivity index (χ2v) is 5.08. The fourth-order valence-corrected chi connectivity index (χ4v) is 1.99. The monoisotopic (exact) mass is 268 g/mol. The largest absolute Gasteiger partial charge is 0.349 e. The second kappa shape index (κ2) is 7.39. The number of benzene rings is 1. The summed E-state index contributed by atoms with van der Waals surface area (Å²) in [5, 5.41) is 6.85. The number of hydrogen-bond donors (Lipinski definition) is 2. The molecule has 0 saturated heterocycles. The van der Waals surface area contributed by atoms with Crippen molar-refractivity contribution in [2.45, 2.75) is 39.3 Å². The molecular weight excluding hydrogens is 248 g/mol. The van der Waals surface area contributed by atoms with Crippen molar-refractivity contribution in [3.63, 3.8) is 0 Å². The maximum absolute atomic E-state index is 11.7. The van der Waals surface area contributed by atoms with Crippen LogP contribution in [0.5, 0.6) is 0 Å². The SMILES string of the molecule is CC(C)NCCC(=O)N[C@H](C)c1ccccc1Cl. The maximum Gasteiger partial charge on any atom is 0.221 e. The summed E-state index contributed by atoms with van der Waals surface area (Å²) in [6.07, 6.45) is 0.479. The number of nitrogens with one attached hydrogen (secondary N) is 2. The number of amides is 1. The Morgan fingerprint density at radius 1 is 1.28 bits per heavy atom. The molecule has 100 valence electrons. The Morgan fingerprint density at radius 2 is 1.94 bits per heavy atom. The van der Waals surface area contributed by atoms with Gasteiger partial charge in [0, 0.05) is 24.0 Å². The third-order valence-corrected chi connectivity index (χ3v) is 3.00. The summed E-state index contributed by atoms with van der Waals surface area (Å²) in [6, 6.07) is 7.90. The van der Waals surface area contributed by atoms with Gasteiger partial charge in [-0.1, -0.05) is 43.6 Å². The van der Waals surface area contributed by atoms with Crippen molar-refractivity contribution in [1.29, 1.82) is 0 Å². The van der Waals surface area contributed by atoms with Gasteiger partial charge in [0.15, 0.2) is 0 Å². The quantitative estimate of drug-likeness (QED) is 0.833. The van der Waals surface area contributed by atoms with Gasteiger partial charge in [-0.15, -0.1) is 0 Å². The summed E-state index contributed by atoms with van der Waals surface area (Å²) in [5.41, 5.74) is 0.948. The zero-order chi connectivity index (χ0) is 13.5. The van der Waals surface area contributed by atoms with Crippen molar-refractivity contribution in [1.82, 2.24) is 10.6 Å². The molecule has 18 heavy (non-hydrogen) atoms. The Bertz CT molecular complexity index is 393. The van der Waals surface area contributed by atoms with Gasteiger partial charge < -0.3 is 10.6 Å². The summed E-state index contributed by atoms with van der Waals surface area (Å²) < 4.78 is 0. The summed E-state index contributed by atoms with van der Waals surface area (Å²) in [4.78, 5) is 11.7. The summed E-state index contributed by atoms with van der Waals surface area (Å²) >= 11 is 6.08. The smallest absolute Gasteiger partial charge is 0.221 e. The minimum Gasteiger partial charge on any atom is -0.349 e. The number of rotatable bonds is 6. The third kappa shape index (κ3) is 5.07. The lowest BCUT2D eigenvalue weighted by Crippen LogP contribution is -2.32. The summed E-state index contributed by atoms with van der Waals surface area (Å²) in [6.45, 7) is 6.75. The van der Waals surface area contributed by atoms with Crippen LogP contribution < -0.4 is 10.6 Å². The van der Waals surface area contributed by atoms with Crippen LogP contribution in [0.1, 0.15) is 38.8 Å². The molecule has 0 saturated carbocycles. The summed E-state index contributed by atoms with van der Waals surface area (Å²) in [5.74, 6) is 0.0376. The van der Waals surface area contributed by atoms with Gasteiger partial charge in [0.1, 0.15) is 0 Å². The van der Waals surface area contributed by atoms with Crippen molar-refractivity contribution in [2.75, 3.05) is 6.54 Å². The molecule has 1 amide bonds. The van der Waals surface area contributed by atoms with E-state index in [2.05, 4.69) is 24.5 Å². The molecular formula is C14H21ClN2O. The number of carbonyl (C=O) groups is 1. The van der Waals surface area contributed by atoms with E-state index >= 15 is 0 Å². The molecule has 0 aliphatic heterocycles. The van der Waals surface area contributed by atoms with Gasteiger partial charge in [0.25, 0.3) is 0 Å². The van der Waals surface area contributed by atoms with E-state index in [1.807, 2.05) is 31.2 Å². The predicted molar refractivity (Wildman–Crippen MR) is 75.8 cm³/mol. The molecule has 0 heterocycles. The Hall–Kier alpha value is -1.06. The molecule has 1 aromatic rings. The third-order valence-electron chi connectivity index (χ3n) is 2.65. The van der Waals surface area contributed by atoms with Crippen LogP contribution in [0.2, 0.25) is 5.02 Å². The van der Waals surface area contributed by atoms with E-state index in [0.717, 1.165) is 5.56 Å². The van der Waals surface area contributed by atoms with Gasteiger partial charge in [-0.05, 0) is 18.6 Å². The first-order chi connectivity index (χ1) is 8.50. The van der Waals surface area contributed by atoms with Crippen LogP contribution in [-0.2, 0) is 4.79 Å². The van der Waals surface area contributed by atoms with E-state index in [-0.39, 0.29) is 11.9 Å². The van der Waals surface area contributed by atoms with Crippen LogP contribution in [-0.4, -0.2) is 18.5 Å². The first-order valence-electron chi connectivity index (χ1n) is 6.28. The van der Waals surface area contributed by atoms with Crippen LogP contribution in [0.3, 0.4) is 0 Å². The molecule has 0 fully saturated rings. The Labute approximate surface area is 114 Å². The van der Waals surface area contributed by atoms with E-state index in [9.17, 15) is 4.79 Å². The Morgan fingerprint density at radius 3 is 2.56 bits per heavy atom. The van der Waals surface area contributed by atoms with E-state index in [4.69, 9.17) is 11.6 Å². The first kappa shape index (κ1) is 15.0. The lowest BCUT2D eigenvalue weighted by molar-refractivity contribution is -0.121. The van der Waals surface area contributed by atoms with E-state index in [0.29, 0.717) is 24.0 Å². The molecule has 0 aromatic heterocycles. The Kier molecular flexibility index (Phi) is 6.16. The number of hydrogen-bond acceptors (Lipinski definition) is 2. The Balaban J connectivity index is 2.42. The minimum absolute atomic E-state index is 0.0376. The molecule has 3 nitrogen and oxygen atoms in total. The highest BCUT2D eigenvalue weighted by molar-refractivity contribution is 6.31. The van der Waals surface area contributed by atoms with Gasteiger partial charge in [-0.25, -0.2) is 0 Å². The number of carbonyl (C=O) groups excluding carboxylic acids is 1. The molecule has 0 aliphatic rings. The molecule has 1 aromatic carbocycles. The molecule has 4 heteroatoms. The first-order valence-corrected chi connectivity index (χ1v) is 6.65. The van der Waals surface area contributed by atoms with Crippen LogP contribution in [0, 0.1) is 0 Å². The predicted octanol–water partition coefficient (Wildman–Crippen LogP) is 2.91. The van der Waals surface area contributed by atoms with Crippen molar-refractivity contribution in [2.24, 2.45) is 0 Å². The van der Waals surface area contributed by atoms with Crippen molar-refractivity contribution >= 4 is 17.5 Å². The highest BCUT2D eigenvalue weighted by Crippen LogP contribution is 2.21. The fraction of sp³-hybridized carbons (Fsp3) is 0.500. The molecule has 0 bridgehead atoms. The molecule has 0 radical (unpaired) electrons. The fourth-order valence-electron chi connectivity index (χ4n) is 1.69. The van der Waals surface area contributed by atoms with Gasteiger partial charge in [0.2, 0.25) is 5.91 Å². The average molecular weight is 269 g/mol. The topological polar surface area (TPSA) is 41.1 Å². The van der Waals surface area contributed by atoms with Crippen LogP contribution >= 0.6 is 11.6 Å². The molecule has 1 atom stereocenters. The van der Waals surface area contributed by atoms with Crippen LogP contribution in [0.25, 0.3) is 0 Å². The van der Waals surface area contributed by atoms with E-state index in [1.54, 1.807) is 0 Å². The highest BCUT2D eigenvalue weighted by atomic mass is 35.5. The molecule has 0 unspecified atom stereocenters. The number of halogens is 1. The molecule has 0 spiro atoms. The summed E-state index contributed by atoms with van der Waals surface area (Å²) in [7, 11) is 0. The zero-order valence-electron chi connectivity index (χ0n) is 11.2. The average Bonchev–Trinajstić information content (AvgIpc) is 2.28. The molecule has 1 rings (SSSR count). The normalized spacial score (nSPS) is 12.5.